The van der Waals surface area contributed by atoms with E-state index in [1.807, 2.05) is 0 Å². The summed E-state index contributed by atoms with van der Waals surface area (Å²) in [6.07, 6.45) is -3.25. The molecule has 12 heteroatoms. The van der Waals surface area contributed by atoms with Gasteiger partial charge in [-0.3, -0.25) is 9.59 Å². The molecule has 2 saturated heterocycles. The Kier molecular flexibility index (Phi) is 5.41. The third-order valence-electron chi connectivity index (χ3n) is 5.11. The Morgan fingerprint density at radius 2 is 1.70 bits per heavy atom. The Balaban J connectivity index is 1.37. The quantitative estimate of drug-likeness (QED) is 0.734. The maximum Gasteiger partial charge on any atom is 0.416 e. The first kappa shape index (κ1) is 20.3. The van der Waals surface area contributed by atoms with E-state index < -0.39 is 23.8 Å². The average Bonchev–Trinajstić information content (AvgIpc) is 3.45. The van der Waals surface area contributed by atoms with Crippen molar-refractivity contribution in [3.8, 4) is 5.69 Å². The molecule has 4 rings (SSSR count). The van der Waals surface area contributed by atoms with E-state index in [2.05, 4.69) is 15.4 Å². The molecule has 2 aliphatic heterocycles. The molecule has 2 aliphatic rings. The number of amides is 2. The van der Waals surface area contributed by atoms with Gasteiger partial charge in [-0.15, -0.1) is 15.0 Å². The first-order valence-corrected chi connectivity index (χ1v) is 9.50. The summed E-state index contributed by atoms with van der Waals surface area (Å²) in [5, 5.41) is 11.5. The van der Waals surface area contributed by atoms with E-state index in [1.165, 1.54) is 17.0 Å². The maximum atomic E-state index is 12.7. The van der Waals surface area contributed by atoms with Crippen molar-refractivity contribution >= 4 is 11.8 Å². The molecule has 2 aromatic rings. The largest absolute Gasteiger partial charge is 0.416 e. The van der Waals surface area contributed by atoms with Gasteiger partial charge in [0.05, 0.1) is 11.3 Å². The number of aromatic nitrogens is 4. The summed E-state index contributed by atoms with van der Waals surface area (Å²) in [6, 6.07) is 4.22. The van der Waals surface area contributed by atoms with E-state index in [9.17, 15) is 22.8 Å². The van der Waals surface area contributed by atoms with E-state index in [4.69, 9.17) is 4.74 Å². The Hall–Kier alpha value is -3.02. The number of alkyl halides is 3. The molecular weight excluding hydrogens is 405 g/mol. The fraction of sp³-hybridized carbons (Fsp3) is 0.500. The minimum atomic E-state index is -4.44. The SMILES string of the molecule is O=C(c1nnn(-c2ccc(C(F)(F)F)cc2)n1)N1CCN(C(=O)[C@@H]2CCCO2)CC1. The average molecular weight is 424 g/mol. The van der Waals surface area contributed by atoms with Crippen LogP contribution in [0.1, 0.15) is 29.0 Å². The number of halogens is 3. The number of piperazine rings is 1. The number of nitrogens with zero attached hydrogens (tertiary/aromatic N) is 6. The van der Waals surface area contributed by atoms with Gasteiger partial charge >= 0.3 is 6.18 Å². The number of ether oxygens (including phenoxy) is 1. The first-order valence-electron chi connectivity index (χ1n) is 9.50. The normalized spacial score (nSPS) is 19.9. The highest BCUT2D eigenvalue weighted by atomic mass is 19.4. The zero-order valence-electron chi connectivity index (χ0n) is 15.9. The van der Waals surface area contributed by atoms with Crippen molar-refractivity contribution in [2.24, 2.45) is 0 Å². The molecule has 2 amide bonds. The monoisotopic (exact) mass is 424 g/mol. The summed E-state index contributed by atoms with van der Waals surface area (Å²) >= 11 is 0. The van der Waals surface area contributed by atoms with Crippen LogP contribution >= 0.6 is 0 Å². The second-order valence-electron chi connectivity index (χ2n) is 7.07. The molecule has 0 unspecified atom stereocenters. The van der Waals surface area contributed by atoms with Crippen molar-refractivity contribution in [1.29, 1.82) is 0 Å². The van der Waals surface area contributed by atoms with Crippen LogP contribution in [0.15, 0.2) is 24.3 Å². The van der Waals surface area contributed by atoms with Crippen LogP contribution in [0.5, 0.6) is 0 Å². The first-order chi connectivity index (χ1) is 14.3. The minimum absolute atomic E-state index is 0.0500. The number of carbonyl (C=O) groups excluding carboxylic acids is 2. The van der Waals surface area contributed by atoms with Gasteiger partial charge in [0.1, 0.15) is 6.10 Å². The number of rotatable bonds is 3. The Labute approximate surface area is 169 Å². The molecule has 1 atom stereocenters. The fourth-order valence-electron chi connectivity index (χ4n) is 3.44. The molecule has 9 nitrogen and oxygen atoms in total. The van der Waals surface area contributed by atoms with Gasteiger partial charge in [-0.05, 0) is 42.3 Å². The van der Waals surface area contributed by atoms with Gasteiger partial charge in [0.25, 0.3) is 17.6 Å². The van der Waals surface area contributed by atoms with Crippen LogP contribution in [-0.4, -0.2) is 80.7 Å². The molecule has 1 aromatic carbocycles. The summed E-state index contributed by atoms with van der Waals surface area (Å²) in [7, 11) is 0. The van der Waals surface area contributed by atoms with Crippen LogP contribution in [0.2, 0.25) is 0 Å². The van der Waals surface area contributed by atoms with Gasteiger partial charge in [0.2, 0.25) is 0 Å². The zero-order chi connectivity index (χ0) is 21.3. The molecule has 2 fully saturated rings. The molecule has 0 saturated carbocycles. The fourth-order valence-corrected chi connectivity index (χ4v) is 3.44. The number of hydrogen-bond donors (Lipinski definition) is 0. The minimum Gasteiger partial charge on any atom is -0.368 e. The molecule has 0 bridgehead atoms. The highest BCUT2D eigenvalue weighted by Crippen LogP contribution is 2.29. The molecule has 0 spiro atoms. The maximum absolute atomic E-state index is 12.7. The molecule has 0 radical (unpaired) electrons. The number of benzene rings is 1. The van der Waals surface area contributed by atoms with Crippen LogP contribution < -0.4 is 0 Å². The van der Waals surface area contributed by atoms with Gasteiger partial charge in [-0.25, -0.2) is 0 Å². The van der Waals surface area contributed by atoms with Crippen LogP contribution in [-0.2, 0) is 15.7 Å². The van der Waals surface area contributed by atoms with Gasteiger partial charge in [0, 0.05) is 32.8 Å². The summed E-state index contributed by atoms with van der Waals surface area (Å²) in [4.78, 5) is 29.2. The number of hydrogen-bond acceptors (Lipinski definition) is 6. The molecule has 30 heavy (non-hydrogen) atoms. The molecular formula is C18H19F3N6O3. The standard InChI is InChI=1S/C18H19F3N6O3/c19-18(20,21)12-3-5-13(6-4-12)27-23-15(22-24-27)17(29)26-9-7-25(8-10-26)16(28)14-2-1-11-30-14/h3-6,14H,1-2,7-11H2/t14-/m0/s1. The van der Waals surface area contributed by atoms with Crippen molar-refractivity contribution in [3.05, 3.63) is 35.7 Å². The van der Waals surface area contributed by atoms with Crippen LogP contribution in [0.25, 0.3) is 5.69 Å². The Bertz CT molecular complexity index is 916. The van der Waals surface area contributed by atoms with Gasteiger partial charge < -0.3 is 14.5 Å². The molecule has 0 aliphatic carbocycles. The van der Waals surface area contributed by atoms with Crippen molar-refractivity contribution in [3.63, 3.8) is 0 Å². The second kappa shape index (κ2) is 8.01. The number of carbonyl (C=O) groups is 2. The lowest BCUT2D eigenvalue weighted by atomic mass is 10.2. The van der Waals surface area contributed by atoms with E-state index in [0.717, 1.165) is 29.8 Å². The van der Waals surface area contributed by atoms with Crippen molar-refractivity contribution < 1.29 is 27.5 Å². The van der Waals surface area contributed by atoms with Crippen LogP contribution in [0.3, 0.4) is 0 Å². The highest BCUT2D eigenvalue weighted by Gasteiger charge is 2.33. The second-order valence-corrected chi connectivity index (χ2v) is 7.07. The number of tetrazole rings is 1. The van der Waals surface area contributed by atoms with Gasteiger partial charge in [-0.2, -0.15) is 13.2 Å². The lowest BCUT2D eigenvalue weighted by Crippen LogP contribution is -2.53. The molecule has 160 valence electrons. The topological polar surface area (TPSA) is 93.5 Å². The Morgan fingerprint density at radius 3 is 2.30 bits per heavy atom. The van der Waals surface area contributed by atoms with Crippen molar-refractivity contribution in [1.82, 2.24) is 30.0 Å². The Morgan fingerprint density at radius 1 is 1.03 bits per heavy atom. The lowest BCUT2D eigenvalue weighted by molar-refractivity contribution is -0.142. The molecule has 0 N–H and O–H groups in total. The zero-order valence-corrected chi connectivity index (χ0v) is 15.9. The van der Waals surface area contributed by atoms with Gasteiger partial charge in [0.15, 0.2) is 0 Å². The third-order valence-corrected chi connectivity index (χ3v) is 5.11. The summed E-state index contributed by atoms with van der Waals surface area (Å²) < 4.78 is 43.4. The van der Waals surface area contributed by atoms with Gasteiger partial charge in [-0.1, -0.05) is 0 Å². The molecule has 1 aromatic heterocycles. The highest BCUT2D eigenvalue weighted by molar-refractivity contribution is 5.90. The van der Waals surface area contributed by atoms with Crippen LogP contribution in [0, 0.1) is 0 Å². The predicted molar refractivity (Wildman–Crippen MR) is 95.6 cm³/mol. The van der Waals surface area contributed by atoms with Crippen LogP contribution in [0.4, 0.5) is 13.2 Å². The van der Waals surface area contributed by atoms with Crippen molar-refractivity contribution in [2.75, 3.05) is 32.8 Å². The predicted octanol–water partition coefficient (Wildman–Crippen LogP) is 1.14. The van der Waals surface area contributed by atoms with E-state index in [-0.39, 0.29) is 17.4 Å². The lowest BCUT2D eigenvalue weighted by Gasteiger charge is -2.35. The summed E-state index contributed by atoms with van der Waals surface area (Å²) in [5.74, 6) is -0.655. The third kappa shape index (κ3) is 4.13. The summed E-state index contributed by atoms with van der Waals surface area (Å²) in [5.41, 5.74) is -0.542. The summed E-state index contributed by atoms with van der Waals surface area (Å²) in [6.45, 7) is 2.02. The van der Waals surface area contributed by atoms with E-state index >= 15 is 0 Å². The smallest absolute Gasteiger partial charge is 0.368 e. The van der Waals surface area contributed by atoms with Crippen molar-refractivity contribution in [2.45, 2.75) is 25.1 Å². The van der Waals surface area contributed by atoms with E-state index in [1.54, 1.807) is 4.90 Å². The van der Waals surface area contributed by atoms with E-state index in [0.29, 0.717) is 32.8 Å². The molecule has 3 heterocycles.